The molecule has 0 aromatic heterocycles. The Labute approximate surface area is 142 Å². The summed E-state index contributed by atoms with van der Waals surface area (Å²) in [7, 11) is 0. The van der Waals surface area contributed by atoms with E-state index in [1.54, 1.807) is 0 Å². The third-order valence-electron chi connectivity index (χ3n) is 4.15. The first kappa shape index (κ1) is 19.0. The Bertz CT molecular complexity index is 637. The fourth-order valence-electron chi connectivity index (χ4n) is 2.91. The fraction of sp³-hybridized carbons (Fsp3) is 0.500. The average Bonchev–Trinajstić information content (AvgIpc) is 2.87. The number of likely N-dealkylation sites (tertiary alicyclic amines) is 1. The number of benzene rings is 1. The van der Waals surface area contributed by atoms with Crippen LogP contribution in [0.2, 0.25) is 0 Å². The monoisotopic (exact) mass is 359 g/mol. The predicted molar refractivity (Wildman–Crippen MR) is 83.4 cm³/mol. The summed E-state index contributed by atoms with van der Waals surface area (Å²) in [5.41, 5.74) is 4.47. The van der Waals surface area contributed by atoms with Gasteiger partial charge in [0.1, 0.15) is 0 Å². The molecule has 1 aromatic rings. The molecule has 25 heavy (non-hydrogen) atoms. The van der Waals surface area contributed by atoms with Gasteiger partial charge in [0.2, 0.25) is 5.91 Å². The minimum atomic E-state index is -4.44. The van der Waals surface area contributed by atoms with Gasteiger partial charge < -0.3 is 21.1 Å². The molecule has 3 amide bonds. The van der Waals surface area contributed by atoms with Crippen molar-refractivity contribution in [1.29, 1.82) is 0 Å². The molecule has 0 unspecified atom stereocenters. The summed E-state index contributed by atoms with van der Waals surface area (Å²) < 4.78 is 38.7. The van der Waals surface area contributed by atoms with Crippen molar-refractivity contribution in [2.24, 2.45) is 11.7 Å². The number of alkyl halides is 3. The lowest BCUT2D eigenvalue weighted by Gasteiger charge is -2.17. The molecule has 1 aromatic carbocycles. The maximum absolute atomic E-state index is 12.9. The molecule has 138 valence electrons. The van der Waals surface area contributed by atoms with Crippen molar-refractivity contribution in [1.82, 2.24) is 10.2 Å². The van der Waals surface area contributed by atoms with Gasteiger partial charge in [-0.15, -0.1) is 0 Å². The Morgan fingerprint density at radius 3 is 2.60 bits per heavy atom. The van der Waals surface area contributed by atoms with Crippen molar-refractivity contribution in [2.45, 2.75) is 25.1 Å². The third kappa shape index (κ3) is 5.09. The lowest BCUT2D eigenvalue weighted by Crippen LogP contribution is -2.40. The number of nitrogens with one attached hydrogen (secondary N) is 1. The standard InChI is InChI=1S/C16H20F3N3O3/c17-16(18,19)12-4-2-1-3-10(12)5-6-21-15(25)22-8-11(7-14(20)24)13(23)9-22/h1-4,11,13,23H,5-9H2,(H2,20,24)(H,21,25)/t11-,13-/m1/s1. The number of halogens is 3. The van der Waals surface area contributed by atoms with Crippen LogP contribution in [-0.4, -0.2) is 47.7 Å². The van der Waals surface area contributed by atoms with Crippen LogP contribution in [0.15, 0.2) is 24.3 Å². The number of carbonyl (C=O) groups excluding carboxylic acids is 2. The van der Waals surface area contributed by atoms with Gasteiger partial charge in [0.25, 0.3) is 0 Å². The number of amides is 3. The predicted octanol–water partition coefficient (Wildman–Crippen LogP) is 1.13. The molecule has 9 heteroatoms. The van der Waals surface area contributed by atoms with Crippen LogP contribution in [0.25, 0.3) is 0 Å². The minimum absolute atomic E-state index is 0.0239. The molecule has 1 aliphatic rings. The molecule has 0 spiro atoms. The molecule has 4 N–H and O–H groups in total. The fourth-order valence-corrected chi connectivity index (χ4v) is 2.91. The largest absolute Gasteiger partial charge is 0.416 e. The molecule has 0 aliphatic carbocycles. The number of hydrogen-bond acceptors (Lipinski definition) is 3. The highest BCUT2D eigenvalue weighted by Gasteiger charge is 2.35. The first-order valence-corrected chi connectivity index (χ1v) is 7.82. The van der Waals surface area contributed by atoms with Gasteiger partial charge in [-0.25, -0.2) is 4.79 Å². The second-order valence-electron chi connectivity index (χ2n) is 6.04. The molecule has 0 radical (unpaired) electrons. The zero-order chi connectivity index (χ0) is 18.6. The number of aliphatic hydroxyl groups excluding tert-OH is 1. The molecule has 2 rings (SSSR count). The Balaban J connectivity index is 1.87. The summed E-state index contributed by atoms with van der Waals surface area (Å²) in [6, 6.07) is 4.71. The van der Waals surface area contributed by atoms with Gasteiger partial charge in [-0.1, -0.05) is 18.2 Å². The maximum atomic E-state index is 12.9. The number of hydrogen-bond donors (Lipinski definition) is 3. The quantitative estimate of drug-likeness (QED) is 0.735. The van der Waals surface area contributed by atoms with E-state index in [9.17, 15) is 27.9 Å². The van der Waals surface area contributed by atoms with Gasteiger partial charge in [-0.05, 0) is 18.1 Å². The van der Waals surface area contributed by atoms with E-state index < -0.39 is 35.7 Å². The van der Waals surface area contributed by atoms with Crippen molar-refractivity contribution in [2.75, 3.05) is 19.6 Å². The van der Waals surface area contributed by atoms with Crippen molar-refractivity contribution in [3.05, 3.63) is 35.4 Å². The van der Waals surface area contributed by atoms with Crippen LogP contribution in [0.4, 0.5) is 18.0 Å². The first-order chi connectivity index (χ1) is 11.7. The van der Waals surface area contributed by atoms with E-state index in [1.165, 1.54) is 23.1 Å². The second-order valence-corrected chi connectivity index (χ2v) is 6.04. The SMILES string of the molecule is NC(=O)C[C@@H]1CN(C(=O)NCCc2ccccc2C(F)(F)F)C[C@H]1O. The number of nitrogens with zero attached hydrogens (tertiary/aromatic N) is 1. The zero-order valence-corrected chi connectivity index (χ0v) is 13.4. The van der Waals surface area contributed by atoms with Gasteiger partial charge in [-0.2, -0.15) is 13.2 Å². The molecular weight excluding hydrogens is 339 g/mol. The van der Waals surface area contributed by atoms with Crippen LogP contribution < -0.4 is 11.1 Å². The van der Waals surface area contributed by atoms with E-state index in [0.717, 1.165) is 6.07 Å². The average molecular weight is 359 g/mol. The van der Waals surface area contributed by atoms with Crippen LogP contribution in [-0.2, 0) is 17.4 Å². The highest BCUT2D eigenvalue weighted by Crippen LogP contribution is 2.31. The van der Waals surface area contributed by atoms with Crippen molar-refractivity contribution < 1.29 is 27.9 Å². The van der Waals surface area contributed by atoms with Gasteiger partial charge >= 0.3 is 12.2 Å². The summed E-state index contributed by atoms with van der Waals surface area (Å²) in [4.78, 5) is 24.3. The first-order valence-electron chi connectivity index (χ1n) is 7.82. The molecule has 6 nitrogen and oxygen atoms in total. The second kappa shape index (κ2) is 7.73. The third-order valence-corrected chi connectivity index (χ3v) is 4.15. The topological polar surface area (TPSA) is 95.7 Å². The molecule has 1 aliphatic heterocycles. The molecular formula is C16H20F3N3O3. The van der Waals surface area contributed by atoms with Gasteiger partial charge in [-0.3, -0.25) is 4.79 Å². The molecule has 0 bridgehead atoms. The molecule has 1 saturated heterocycles. The number of β-amino-alcohol motifs (C(OH)–C–C–N with tert-alkyl or cyclic N) is 1. The lowest BCUT2D eigenvalue weighted by molar-refractivity contribution is -0.138. The zero-order valence-electron chi connectivity index (χ0n) is 13.4. The van der Waals surface area contributed by atoms with Crippen molar-refractivity contribution >= 4 is 11.9 Å². The summed E-state index contributed by atoms with van der Waals surface area (Å²) in [6.45, 7) is 0.261. The van der Waals surface area contributed by atoms with E-state index in [1.807, 2.05) is 0 Å². The molecule has 1 fully saturated rings. The highest BCUT2D eigenvalue weighted by atomic mass is 19.4. The number of rotatable bonds is 5. The maximum Gasteiger partial charge on any atom is 0.416 e. The van der Waals surface area contributed by atoms with E-state index >= 15 is 0 Å². The van der Waals surface area contributed by atoms with Crippen molar-refractivity contribution in [3.63, 3.8) is 0 Å². The van der Waals surface area contributed by atoms with E-state index in [4.69, 9.17) is 5.73 Å². The summed E-state index contributed by atoms with van der Waals surface area (Å²) in [5.74, 6) is -0.982. The number of carbonyl (C=O) groups is 2. The number of urea groups is 1. The van der Waals surface area contributed by atoms with Crippen LogP contribution in [0.3, 0.4) is 0 Å². The molecule has 0 saturated carbocycles. The smallest absolute Gasteiger partial charge is 0.391 e. The Morgan fingerprint density at radius 1 is 1.28 bits per heavy atom. The van der Waals surface area contributed by atoms with E-state index in [0.29, 0.717) is 0 Å². The Morgan fingerprint density at radius 2 is 1.96 bits per heavy atom. The van der Waals surface area contributed by atoms with E-state index in [-0.39, 0.29) is 38.0 Å². The molecule has 2 atom stereocenters. The van der Waals surface area contributed by atoms with Crippen molar-refractivity contribution in [3.8, 4) is 0 Å². The van der Waals surface area contributed by atoms with Crippen LogP contribution in [0, 0.1) is 5.92 Å². The Hall–Kier alpha value is -2.29. The summed E-state index contributed by atoms with van der Waals surface area (Å²) >= 11 is 0. The number of primary amides is 1. The minimum Gasteiger partial charge on any atom is -0.391 e. The number of nitrogens with two attached hydrogens (primary N) is 1. The molecule has 1 heterocycles. The highest BCUT2D eigenvalue weighted by molar-refractivity contribution is 5.76. The Kier molecular flexibility index (Phi) is 5.89. The van der Waals surface area contributed by atoms with Gasteiger partial charge in [0.05, 0.1) is 11.7 Å². The lowest BCUT2D eigenvalue weighted by atomic mass is 10.0. The summed E-state index contributed by atoms with van der Waals surface area (Å²) in [6.07, 6.45) is -5.28. The van der Waals surface area contributed by atoms with Crippen LogP contribution in [0.1, 0.15) is 17.5 Å². The van der Waals surface area contributed by atoms with E-state index in [2.05, 4.69) is 5.32 Å². The van der Waals surface area contributed by atoms with Crippen LogP contribution >= 0.6 is 0 Å². The van der Waals surface area contributed by atoms with Crippen LogP contribution in [0.5, 0.6) is 0 Å². The van der Waals surface area contributed by atoms with Gasteiger partial charge in [0, 0.05) is 32.0 Å². The normalized spacial score (nSPS) is 20.6. The number of aliphatic hydroxyl groups is 1. The van der Waals surface area contributed by atoms with Gasteiger partial charge in [0.15, 0.2) is 0 Å². The summed E-state index contributed by atoms with van der Waals surface area (Å²) in [5, 5.41) is 12.4.